The van der Waals surface area contributed by atoms with Crippen molar-refractivity contribution in [1.82, 2.24) is 15.3 Å². The molecule has 1 aromatic heterocycles. The summed E-state index contributed by atoms with van der Waals surface area (Å²) < 4.78 is 5.85. The predicted molar refractivity (Wildman–Crippen MR) is 61.0 cm³/mol. The first-order valence-electron chi connectivity index (χ1n) is 6.25. The molecule has 1 aromatic rings. The van der Waals surface area contributed by atoms with Crippen molar-refractivity contribution in [2.24, 2.45) is 5.92 Å². The zero-order valence-corrected chi connectivity index (χ0v) is 9.48. The van der Waals surface area contributed by atoms with E-state index in [9.17, 15) is 0 Å². The third-order valence-electron chi connectivity index (χ3n) is 3.53. The van der Waals surface area contributed by atoms with Gasteiger partial charge in [-0.3, -0.25) is 0 Å². The molecule has 0 bridgehead atoms. The molecule has 1 aliphatic heterocycles. The summed E-state index contributed by atoms with van der Waals surface area (Å²) >= 11 is 0. The Morgan fingerprint density at radius 2 is 2.31 bits per heavy atom. The zero-order chi connectivity index (χ0) is 10.8. The molecule has 4 nitrogen and oxygen atoms in total. The molecule has 16 heavy (non-hydrogen) atoms. The zero-order valence-electron chi connectivity index (χ0n) is 9.48. The second-order valence-corrected chi connectivity index (χ2v) is 4.95. The van der Waals surface area contributed by atoms with Gasteiger partial charge in [0.15, 0.2) is 0 Å². The molecule has 1 aliphatic carbocycles. The standard InChI is InChI=1S/C12H19N3O/c1-2-9(1)5-14-10-3-4-12(16-7-10)11-6-13-8-15-11/h6,8-10,12,14H,1-5,7H2,(H,13,15)/t10-,12+/m1/s1. The Labute approximate surface area is 95.8 Å². The number of nitrogens with one attached hydrogen (secondary N) is 2. The maximum atomic E-state index is 5.85. The fourth-order valence-electron chi connectivity index (χ4n) is 2.26. The summed E-state index contributed by atoms with van der Waals surface area (Å²) in [4.78, 5) is 7.16. The molecule has 0 unspecified atom stereocenters. The van der Waals surface area contributed by atoms with Crippen molar-refractivity contribution in [3.63, 3.8) is 0 Å². The normalized spacial score (nSPS) is 30.5. The van der Waals surface area contributed by atoms with Crippen molar-refractivity contribution in [1.29, 1.82) is 0 Å². The van der Waals surface area contributed by atoms with Gasteiger partial charge in [-0.05, 0) is 38.1 Å². The van der Waals surface area contributed by atoms with Gasteiger partial charge in [0, 0.05) is 6.04 Å². The Bertz CT molecular complexity index is 313. The van der Waals surface area contributed by atoms with Crippen LogP contribution < -0.4 is 5.32 Å². The summed E-state index contributed by atoms with van der Waals surface area (Å²) in [6, 6.07) is 0.555. The highest BCUT2D eigenvalue weighted by molar-refractivity contribution is 5.01. The first-order chi connectivity index (χ1) is 7.92. The molecule has 1 saturated carbocycles. The molecule has 2 aliphatic rings. The number of hydrogen-bond donors (Lipinski definition) is 2. The van der Waals surface area contributed by atoms with E-state index in [0.29, 0.717) is 6.04 Å². The van der Waals surface area contributed by atoms with Crippen LogP contribution >= 0.6 is 0 Å². The summed E-state index contributed by atoms with van der Waals surface area (Å²) in [5.74, 6) is 0.949. The first kappa shape index (κ1) is 10.3. The van der Waals surface area contributed by atoms with Crippen LogP contribution in [0.25, 0.3) is 0 Å². The lowest BCUT2D eigenvalue weighted by Gasteiger charge is -2.29. The highest BCUT2D eigenvalue weighted by Crippen LogP contribution is 2.29. The summed E-state index contributed by atoms with van der Waals surface area (Å²) in [5.41, 5.74) is 1.11. The van der Waals surface area contributed by atoms with E-state index in [1.54, 1.807) is 6.33 Å². The number of rotatable bonds is 4. The number of H-pyrrole nitrogens is 1. The third-order valence-corrected chi connectivity index (χ3v) is 3.53. The molecule has 0 amide bonds. The fraction of sp³-hybridized carbons (Fsp3) is 0.750. The van der Waals surface area contributed by atoms with E-state index in [0.717, 1.165) is 24.6 Å². The average molecular weight is 221 g/mol. The van der Waals surface area contributed by atoms with Crippen LogP contribution in [0.3, 0.4) is 0 Å². The van der Waals surface area contributed by atoms with E-state index in [4.69, 9.17) is 4.74 Å². The highest BCUT2D eigenvalue weighted by atomic mass is 16.5. The molecule has 4 heteroatoms. The van der Waals surface area contributed by atoms with Crippen LogP contribution in [0.4, 0.5) is 0 Å². The van der Waals surface area contributed by atoms with E-state index >= 15 is 0 Å². The first-order valence-corrected chi connectivity index (χ1v) is 6.25. The number of ether oxygens (including phenoxy) is 1. The molecule has 1 saturated heterocycles. The highest BCUT2D eigenvalue weighted by Gasteiger charge is 2.26. The molecule has 0 spiro atoms. The summed E-state index contributed by atoms with van der Waals surface area (Å²) in [5, 5.41) is 3.60. The monoisotopic (exact) mass is 221 g/mol. The van der Waals surface area contributed by atoms with E-state index in [2.05, 4.69) is 15.3 Å². The maximum Gasteiger partial charge on any atom is 0.0989 e. The average Bonchev–Trinajstić information content (AvgIpc) is 3.00. The minimum Gasteiger partial charge on any atom is -0.370 e. The molecule has 2 N–H and O–H groups in total. The summed E-state index contributed by atoms with van der Waals surface area (Å²) in [7, 11) is 0. The van der Waals surface area contributed by atoms with Gasteiger partial charge in [0.2, 0.25) is 0 Å². The van der Waals surface area contributed by atoms with Crippen molar-refractivity contribution >= 4 is 0 Å². The van der Waals surface area contributed by atoms with Crippen LogP contribution in [0.1, 0.15) is 37.5 Å². The quantitative estimate of drug-likeness (QED) is 0.812. The third kappa shape index (κ3) is 2.44. The van der Waals surface area contributed by atoms with E-state index in [-0.39, 0.29) is 6.10 Å². The lowest BCUT2D eigenvalue weighted by molar-refractivity contribution is -0.00626. The van der Waals surface area contributed by atoms with Crippen LogP contribution in [0.2, 0.25) is 0 Å². The molecule has 88 valence electrons. The number of aromatic nitrogens is 2. The number of nitrogens with zero attached hydrogens (tertiary/aromatic N) is 1. The minimum absolute atomic E-state index is 0.224. The van der Waals surface area contributed by atoms with Gasteiger partial charge in [0.1, 0.15) is 0 Å². The van der Waals surface area contributed by atoms with Gasteiger partial charge in [-0.2, -0.15) is 0 Å². The van der Waals surface area contributed by atoms with Crippen LogP contribution in [0, 0.1) is 5.92 Å². The Morgan fingerprint density at radius 3 is 2.94 bits per heavy atom. The lowest BCUT2D eigenvalue weighted by Crippen LogP contribution is -2.38. The largest absolute Gasteiger partial charge is 0.370 e. The molecule has 2 heterocycles. The predicted octanol–water partition coefficient (Wildman–Crippen LogP) is 1.63. The lowest BCUT2D eigenvalue weighted by atomic mass is 10.0. The maximum absolute atomic E-state index is 5.85. The van der Waals surface area contributed by atoms with Gasteiger partial charge in [0.25, 0.3) is 0 Å². The Morgan fingerprint density at radius 1 is 1.38 bits per heavy atom. The summed E-state index contributed by atoms with van der Waals surface area (Å²) in [6.07, 6.45) is 8.93. The van der Waals surface area contributed by atoms with Gasteiger partial charge in [0.05, 0.1) is 30.9 Å². The molecular weight excluding hydrogens is 202 g/mol. The van der Waals surface area contributed by atoms with E-state index in [1.807, 2.05) is 6.20 Å². The molecule has 0 radical (unpaired) electrons. The number of aromatic amines is 1. The Hall–Kier alpha value is -0.870. The van der Waals surface area contributed by atoms with Crippen molar-refractivity contribution < 1.29 is 4.74 Å². The fourth-order valence-corrected chi connectivity index (χ4v) is 2.26. The number of imidazole rings is 1. The summed E-state index contributed by atoms with van der Waals surface area (Å²) in [6.45, 7) is 2.01. The van der Waals surface area contributed by atoms with Crippen molar-refractivity contribution in [3.05, 3.63) is 18.2 Å². The minimum atomic E-state index is 0.224. The van der Waals surface area contributed by atoms with E-state index in [1.165, 1.54) is 25.8 Å². The van der Waals surface area contributed by atoms with Crippen molar-refractivity contribution in [3.8, 4) is 0 Å². The molecule has 3 rings (SSSR count). The molecule has 0 aromatic carbocycles. The van der Waals surface area contributed by atoms with Crippen molar-refractivity contribution in [2.75, 3.05) is 13.2 Å². The van der Waals surface area contributed by atoms with Gasteiger partial charge in [-0.1, -0.05) is 0 Å². The number of hydrogen-bond acceptors (Lipinski definition) is 3. The Balaban J connectivity index is 1.44. The smallest absolute Gasteiger partial charge is 0.0989 e. The molecule has 2 fully saturated rings. The second-order valence-electron chi connectivity index (χ2n) is 4.95. The van der Waals surface area contributed by atoms with Gasteiger partial charge < -0.3 is 15.0 Å². The SMILES string of the molecule is c1ncc([C@@H]2CC[C@@H](NCC3CC3)CO2)[nH]1. The van der Waals surface area contributed by atoms with Gasteiger partial charge >= 0.3 is 0 Å². The molecular formula is C12H19N3O. The Kier molecular flexibility index (Phi) is 2.93. The van der Waals surface area contributed by atoms with E-state index < -0.39 is 0 Å². The molecule has 2 atom stereocenters. The topological polar surface area (TPSA) is 49.9 Å². The van der Waals surface area contributed by atoms with Crippen LogP contribution in [-0.4, -0.2) is 29.2 Å². The van der Waals surface area contributed by atoms with Gasteiger partial charge in [-0.25, -0.2) is 4.98 Å². The van der Waals surface area contributed by atoms with Crippen LogP contribution in [-0.2, 0) is 4.74 Å². The van der Waals surface area contributed by atoms with Gasteiger partial charge in [-0.15, -0.1) is 0 Å². The van der Waals surface area contributed by atoms with Crippen molar-refractivity contribution in [2.45, 2.75) is 37.8 Å². The van der Waals surface area contributed by atoms with Crippen LogP contribution in [0.5, 0.6) is 0 Å². The second kappa shape index (κ2) is 4.55. The van der Waals surface area contributed by atoms with Crippen LogP contribution in [0.15, 0.2) is 12.5 Å².